The van der Waals surface area contributed by atoms with Crippen LogP contribution in [0.4, 0.5) is 0 Å². The van der Waals surface area contributed by atoms with E-state index >= 15 is 0 Å². The maximum Gasteiger partial charge on any atom is 0.0974 e. The van der Waals surface area contributed by atoms with Crippen molar-refractivity contribution in [2.45, 2.75) is 0 Å². The molecular formula is C10H8O2. The topological polar surface area (TPSA) is 26.3 Å². The van der Waals surface area contributed by atoms with Gasteiger partial charge in [-0.15, -0.1) is 0 Å². The quantitative estimate of drug-likeness (QED) is 0.674. The van der Waals surface area contributed by atoms with Crippen LogP contribution in [0.5, 0.6) is 0 Å². The predicted octanol–water partition coefficient (Wildman–Crippen LogP) is 3.04. The van der Waals surface area contributed by atoms with Crippen molar-refractivity contribution in [3.63, 3.8) is 0 Å². The molecule has 60 valence electrons. The fraction of sp³-hybridized carbons (Fsp3) is 0. The minimum absolute atomic E-state index is 1.05. The lowest BCUT2D eigenvalue weighted by molar-refractivity contribution is 0.566. The van der Waals surface area contributed by atoms with Crippen molar-refractivity contribution in [3.05, 3.63) is 48.3 Å². The molecule has 0 saturated heterocycles. The van der Waals surface area contributed by atoms with Gasteiger partial charge in [0.05, 0.1) is 25.1 Å². The van der Waals surface area contributed by atoms with Gasteiger partial charge in [-0.05, 0) is 12.1 Å². The summed E-state index contributed by atoms with van der Waals surface area (Å²) in [4.78, 5) is 0. The monoisotopic (exact) mass is 160 g/mol. The van der Waals surface area contributed by atoms with E-state index in [-0.39, 0.29) is 0 Å². The minimum Gasteiger partial charge on any atom is -0.472 e. The second-order valence-electron chi connectivity index (χ2n) is 2.45. The summed E-state index contributed by atoms with van der Waals surface area (Å²) in [5.41, 5.74) is 2.10. The average molecular weight is 160 g/mol. The molecule has 2 rings (SSSR count). The normalized spacial score (nSPS) is 11.0. The Morgan fingerprint density at radius 2 is 1.33 bits per heavy atom. The van der Waals surface area contributed by atoms with E-state index in [0.717, 1.165) is 11.1 Å². The molecule has 2 heterocycles. The summed E-state index contributed by atoms with van der Waals surface area (Å²) in [6.45, 7) is 0. The van der Waals surface area contributed by atoms with Crippen LogP contribution in [0.25, 0.3) is 12.2 Å². The summed E-state index contributed by atoms with van der Waals surface area (Å²) in [6.07, 6.45) is 10.6. The van der Waals surface area contributed by atoms with E-state index < -0.39 is 0 Å². The molecule has 2 heteroatoms. The van der Waals surface area contributed by atoms with Gasteiger partial charge in [-0.1, -0.05) is 12.2 Å². The number of rotatable bonds is 2. The van der Waals surface area contributed by atoms with E-state index in [1.165, 1.54) is 0 Å². The molecule has 2 aromatic rings. The fourth-order valence-corrected chi connectivity index (χ4v) is 0.932. The van der Waals surface area contributed by atoms with Crippen LogP contribution in [0, 0.1) is 0 Å². The van der Waals surface area contributed by atoms with Gasteiger partial charge < -0.3 is 8.83 Å². The van der Waals surface area contributed by atoms with Crippen LogP contribution in [0.3, 0.4) is 0 Å². The van der Waals surface area contributed by atoms with E-state index in [0.29, 0.717) is 0 Å². The molecular weight excluding hydrogens is 152 g/mol. The zero-order chi connectivity index (χ0) is 8.23. The van der Waals surface area contributed by atoms with Crippen LogP contribution in [-0.4, -0.2) is 0 Å². The van der Waals surface area contributed by atoms with Crippen LogP contribution in [0.1, 0.15) is 11.1 Å². The van der Waals surface area contributed by atoms with Gasteiger partial charge in [-0.25, -0.2) is 0 Å². The maximum atomic E-state index is 4.91. The second kappa shape index (κ2) is 3.13. The van der Waals surface area contributed by atoms with Crippen LogP contribution in [0.15, 0.2) is 46.0 Å². The van der Waals surface area contributed by atoms with Crippen LogP contribution in [0.2, 0.25) is 0 Å². The SMILES string of the molecule is C(=C\c1ccoc1)/c1ccoc1. The zero-order valence-electron chi connectivity index (χ0n) is 6.44. The highest BCUT2D eigenvalue weighted by Gasteiger charge is 1.88. The van der Waals surface area contributed by atoms with E-state index in [1.54, 1.807) is 25.1 Å². The molecule has 0 N–H and O–H groups in total. The molecule has 0 spiro atoms. The van der Waals surface area contributed by atoms with Gasteiger partial charge in [0, 0.05) is 11.1 Å². The molecule has 0 amide bonds. The van der Waals surface area contributed by atoms with Gasteiger partial charge in [-0.2, -0.15) is 0 Å². The van der Waals surface area contributed by atoms with Crippen molar-refractivity contribution in [1.82, 2.24) is 0 Å². The van der Waals surface area contributed by atoms with E-state index in [9.17, 15) is 0 Å². The Hall–Kier alpha value is -1.70. The maximum absolute atomic E-state index is 4.91. The number of furan rings is 2. The third kappa shape index (κ3) is 1.48. The van der Waals surface area contributed by atoms with Gasteiger partial charge in [0.25, 0.3) is 0 Å². The van der Waals surface area contributed by atoms with E-state index in [1.807, 2.05) is 24.3 Å². The van der Waals surface area contributed by atoms with Crippen LogP contribution >= 0.6 is 0 Å². The largest absolute Gasteiger partial charge is 0.472 e. The summed E-state index contributed by atoms with van der Waals surface area (Å²) in [7, 11) is 0. The molecule has 0 aliphatic carbocycles. The van der Waals surface area contributed by atoms with Crippen molar-refractivity contribution in [2.75, 3.05) is 0 Å². The van der Waals surface area contributed by atoms with E-state index in [4.69, 9.17) is 8.83 Å². The Labute approximate surface area is 70.1 Å². The smallest absolute Gasteiger partial charge is 0.0974 e. The lowest BCUT2D eigenvalue weighted by atomic mass is 10.2. The Kier molecular flexibility index (Phi) is 1.82. The highest BCUT2D eigenvalue weighted by molar-refractivity contribution is 5.68. The summed E-state index contributed by atoms with van der Waals surface area (Å²) >= 11 is 0. The number of hydrogen-bond acceptors (Lipinski definition) is 2. The van der Waals surface area contributed by atoms with Crippen LogP contribution in [-0.2, 0) is 0 Å². The van der Waals surface area contributed by atoms with Gasteiger partial charge in [0.15, 0.2) is 0 Å². The Bertz CT molecular complexity index is 305. The molecule has 0 fully saturated rings. The van der Waals surface area contributed by atoms with Crippen molar-refractivity contribution < 1.29 is 8.83 Å². The third-order valence-electron chi connectivity index (χ3n) is 1.55. The van der Waals surface area contributed by atoms with Gasteiger partial charge in [0.1, 0.15) is 0 Å². The molecule has 0 bridgehead atoms. The third-order valence-corrected chi connectivity index (χ3v) is 1.55. The van der Waals surface area contributed by atoms with Gasteiger partial charge in [0.2, 0.25) is 0 Å². The first-order chi connectivity index (χ1) is 5.95. The molecule has 0 radical (unpaired) electrons. The highest BCUT2D eigenvalue weighted by atomic mass is 16.3. The highest BCUT2D eigenvalue weighted by Crippen LogP contribution is 2.08. The molecule has 0 aliphatic heterocycles. The Balaban J connectivity index is 2.14. The Morgan fingerprint density at radius 3 is 1.67 bits per heavy atom. The number of hydrogen-bond donors (Lipinski definition) is 0. The summed E-state index contributed by atoms with van der Waals surface area (Å²) in [5.74, 6) is 0. The molecule has 0 unspecified atom stereocenters. The first kappa shape index (κ1) is 6.98. The van der Waals surface area contributed by atoms with E-state index in [2.05, 4.69) is 0 Å². The van der Waals surface area contributed by atoms with Crippen molar-refractivity contribution in [2.24, 2.45) is 0 Å². The first-order valence-corrected chi connectivity index (χ1v) is 3.67. The van der Waals surface area contributed by atoms with Crippen molar-refractivity contribution in [3.8, 4) is 0 Å². The first-order valence-electron chi connectivity index (χ1n) is 3.67. The average Bonchev–Trinajstić information content (AvgIpc) is 2.74. The minimum atomic E-state index is 1.05. The molecule has 0 saturated carbocycles. The molecule has 0 aromatic carbocycles. The molecule has 2 nitrogen and oxygen atoms in total. The summed E-state index contributed by atoms with van der Waals surface area (Å²) in [6, 6.07) is 3.80. The summed E-state index contributed by atoms with van der Waals surface area (Å²) in [5, 5.41) is 0. The van der Waals surface area contributed by atoms with Gasteiger partial charge >= 0.3 is 0 Å². The summed E-state index contributed by atoms with van der Waals surface area (Å²) < 4.78 is 9.82. The second-order valence-corrected chi connectivity index (χ2v) is 2.45. The lowest BCUT2D eigenvalue weighted by Gasteiger charge is -1.80. The molecule has 2 aromatic heterocycles. The molecule has 12 heavy (non-hydrogen) atoms. The fourth-order valence-electron chi connectivity index (χ4n) is 0.932. The zero-order valence-corrected chi connectivity index (χ0v) is 6.44. The van der Waals surface area contributed by atoms with Gasteiger partial charge in [-0.3, -0.25) is 0 Å². The van der Waals surface area contributed by atoms with Crippen molar-refractivity contribution in [1.29, 1.82) is 0 Å². The molecule has 0 aliphatic rings. The molecule has 0 atom stereocenters. The predicted molar refractivity (Wildman–Crippen MR) is 46.3 cm³/mol. The lowest BCUT2D eigenvalue weighted by Crippen LogP contribution is -1.61. The standard InChI is InChI=1S/C10H8O2/c1(9-3-5-11-7-9)2-10-4-6-12-8-10/h1-8H/b2-1+. The van der Waals surface area contributed by atoms with Crippen molar-refractivity contribution >= 4 is 12.2 Å². The van der Waals surface area contributed by atoms with Crippen LogP contribution < -0.4 is 0 Å². The Morgan fingerprint density at radius 1 is 0.833 bits per heavy atom.